The molecule has 1 saturated carbocycles. The van der Waals surface area contributed by atoms with Gasteiger partial charge in [0.05, 0.1) is 0 Å². The van der Waals surface area contributed by atoms with Gasteiger partial charge in [-0.2, -0.15) is 0 Å². The van der Waals surface area contributed by atoms with Gasteiger partial charge in [0, 0.05) is 17.5 Å². The van der Waals surface area contributed by atoms with Crippen LogP contribution >= 0.6 is 11.3 Å². The quantitative estimate of drug-likeness (QED) is 0.752. The van der Waals surface area contributed by atoms with E-state index in [1.54, 1.807) is 0 Å². The van der Waals surface area contributed by atoms with Gasteiger partial charge >= 0.3 is 0 Å². The highest BCUT2D eigenvalue weighted by Crippen LogP contribution is 2.20. The van der Waals surface area contributed by atoms with E-state index in [2.05, 4.69) is 23.7 Å². The van der Waals surface area contributed by atoms with Crippen molar-refractivity contribution in [2.45, 2.75) is 38.8 Å². The first-order valence-corrected chi connectivity index (χ1v) is 5.56. The van der Waals surface area contributed by atoms with Gasteiger partial charge < -0.3 is 5.32 Å². The summed E-state index contributed by atoms with van der Waals surface area (Å²) in [6.45, 7) is 3.28. The number of aryl methyl sites for hydroxylation is 1. The molecule has 0 saturated heterocycles. The lowest BCUT2D eigenvalue weighted by atomic mass is 10.3. The van der Waals surface area contributed by atoms with Gasteiger partial charge in [0.15, 0.2) is 0 Å². The maximum absolute atomic E-state index is 3.52. The molecule has 2 rings (SSSR count). The summed E-state index contributed by atoms with van der Waals surface area (Å²) in [4.78, 5) is 1.50. The molecule has 1 aromatic heterocycles. The third-order valence-corrected chi connectivity index (χ3v) is 3.36. The van der Waals surface area contributed by atoms with Crippen molar-refractivity contribution in [1.82, 2.24) is 5.32 Å². The molecule has 1 N–H and O–H groups in total. The van der Waals surface area contributed by atoms with E-state index in [9.17, 15) is 0 Å². The Morgan fingerprint density at radius 2 is 2.42 bits per heavy atom. The molecule has 0 aromatic carbocycles. The van der Waals surface area contributed by atoms with Gasteiger partial charge in [-0.1, -0.05) is 6.92 Å². The zero-order chi connectivity index (χ0) is 8.39. The predicted molar refractivity (Wildman–Crippen MR) is 53.6 cm³/mol. The van der Waals surface area contributed by atoms with E-state index in [0.29, 0.717) is 0 Å². The Balaban J connectivity index is 1.84. The van der Waals surface area contributed by atoms with Crippen molar-refractivity contribution >= 4 is 11.3 Å². The number of rotatable bonds is 4. The molecule has 2 heteroatoms. The zero-order valence-electron chi connectivity index (χ0n) is 7.47. The van der Waals surface area contributed by atoms with E-state index >= 15 is 0 Å². The molecule has 1 heterocycles. The van der Waals surface area contributed by atoms with Crippen LogP contribution in [0.4, 0.5) is 0 Å². The van der Waals surface area contributed by atoms with Crippen LogP contribution in [0.15, 0.2) is 11.4 Å². The molecule has 0 aliphatic heterocycles. The first-order valence-electron chi connectivity index (χ1n) is 4.68. The molecule has 1 aromatic rings. The van der Waals surface area contributed by atoms with Crippen LogP contribution in [0.3, 0.4) is 0 Å². The van der Waals surface area contributed by atoms with Crippen molar-refractivity contribution in [3.63, 3.8) is 0 Å². The standard InChI is InChI=1S/C10H15NS/c1-2-10-5-8(7-12-10)6-11-9-3-4-9/h5,7,9,11H,2-4,6H2,1H3. The second kappa shape index (κ2) is 3.58. The maximum Gasteiger partial charge on any atom is 0.0216 e. The van der Waals surface area contributed by atoms with Crippen LogP contribution in [0.2, 0.25) is 0 Å². The minimum atomic E-state index is 0.829. The van der Waals surface area contributed by atoms with E-state index < -0.39 is 0 Å². The summed E-state index contributed by atoms with van der Waals surface area (Å²) in [7, 11) is 0. The second-order valence-corrected chi connectivity index (χ2v) is 4.43. The van der Waals surface area contributed by atoms with E-state index in [1.165, 1.54) is 29.7 Å². The SMILES string of the molecule is CCc1cc(CNC2CC2)cs1. The second-order valence-electron chi connectivity index (χ2n) is 3.43. The average molecular weight is 181 g/mol. The molecule has 0 radical (unpaired) electrons. The van der Waals surface area contributed by atoms with E-state index in [1.807, 2.05) is 11.3 Å². The van der Waals surface area contributed by atoms with Crippen molar-refractivity contribution in [1.29, 1.82) is 0 Å². The first kappa shape index (κ1) is 8.27. The summed E-state index contributed by atoms with van der Waals surface area (Å²) in [6.07, 6.45) is 3.93. The molecule has 1 aliphatic rings. The largest absolute Gasteiger partial charge is 0.310 e. The van der Waals surface area contributed by atoms with Gasteiger partial charge in [-0.05, 0) is 36.3 Å². The molecule has 1 nitrogen and oxygen atoms in total. The van der Waals surface area contributed by atoms with Crippen molar-refractivity contribution in [3.05, 3.63) is 21.9 Å². The van der Waals surface area contributed by atoms with Crippen molar-refractivity contribution in [3.8, 4) is 0 Å². The summed E-state index contributed by atoms with van der Waals surface area (Å²) >= 11 is 1.88. The molecule has 66 valence electrons. The molecule has 1 aliphatic carbocycles. The highest BCUT2D eigenvalue weighted by Gasteiger charge is 2.19. The molecule has 0 amide bonds. The summed E-state index contributed by atoms with van der Waals surface area (Å²) in [5.41, 5.74) is 1.46. The monoisotopic (exact) mass is 181 g/mol. The highest BCUT2D eigenvalue weighted by molar-refractivity contribution is 7.10. The number of nitrogens with one attached hydrogen (secondary N) is 1. The Kier molecular flexibility index (Phi) is 2.47. The van der Waals surface area contributed by atoms with Gasteiger partial charge in [0.2, 0.25) is 0 Å². The smallest absolute Gasteiger partial charge is 0.0216 e. The van der Waals surface area contributed by atoms with Crippen molar-refractivity contribution in [2.24, 2.45) is 0 Å². The van der Waals surface area contributed by atoms with Crippen LogP contribution in [-0.4, -0.2) is 6.04 Å². The Morgan fingerprint density at radius 1 is 1.58 bits per heavy atom. The van der Waals surface area contributed by atoms with Crippen LogP contribution in [0, 0.1) is 0 Å². The third kappa shape index (κ3) is 2.08. The van der Waals surface area contributed by atoms with Gasteiger partial charge in [-0.3, -0.25) is 0 Å². The lowest BCUT2D eigenvalue weighted by Crippen LogP contribution is -2.14. The Bertz CT molecular complexity index is 250. The lowest BCUT2D eigenvalue weighted by molar-refractivity contribution is 0.689. The fraction of sp³-hybridized carbons (Fsp3) is 0.600. The number of hydrogen-bond acceptors (Lipinski definition) is 2. The minimum absolute atomic E-state index is 0.829. The van der Waals surface area contributed by atoms with Crippen LogP contribution in [-0.2, 0) is 13.0 Å². The molecule has 0 spiro atoms. The Labute approximate surface area is 77.8 Å². The third-order valence-electron chi connectivity index (χ3n) is 2.23. The van der Waals surface area contributed by atoms with E-state index in [4.69, 9.17) is 0 Å². The highest BCUT2D eigenvalue weighted by atomic mass is 32.1. The van der Waals surface area contributed by atoms with Crippen LogP contribution in [0.5, 0.6) is 0 Å². The zero-order valence-corrected chi connectivity index (χ0v) is 8.29. The average Bonchev–Trinajstić information content (AvgIpc) is 2.81. The van der Waals surface area contributed by atoms with Crippen LogP contribution in [0.1, 0.15) is 30.2 Å². The van der Waals surface area contributed by atoms with Gasteiger partial charge in [0.1, 0.15) is 0 Å². The molecule has 0 atom stereocenters. The van der Waals surface area contributed by atoms with Crippen LogP contribution in [0.25, 0.3) is 0 Å². The van der Waals surface area contributed by atoms with Gasteiger partial charge in [0.25, 0.3) is 0 Å². The van der Waals surface area contributed by atoms with E-state index in [0.717, 1.165) is 12.6 Å². The van der Waals surface area contributed by atoms with Crippen LogP contribution < -0.4 is 5.32 Å². The maximum atomic E-state index is 3.52. The minimum Gasteiger partial charge on any atom is -0.310 e. The summed E-state index contributed by atoms with van der Waals surface area (Å²) < 4.78 is 0. The number of hydrogen-bond donors (Lipinski definition) is 1. The molecular weight excluding hydrogens is 166 g/mol. The topological polar surface area (TPSA) is 12.0 Å². The fourth-order valence-electron chi connectivity index (χ4n) is 1.25. The summed E-state index contributed by atoms with van der Waals surface area (Å²) in [6, 6.07) is 3.15. The van der Waals surface area contributed by atoms with Gasteiger partial charge in [-0.25, -0.2) is 0 Å². The lowest BCUT2D eigenvalue weighted by Gasteiger charge is -1.97. The molecule has 0 unspecified atom stereocenters. The molecule has 12 heavy (non-hydrogen) atoms. The fourth-order valence-corrected chi connectivity index (χ4v) is 2.09. The van der Waals surface area contributed by atoms with Crippen molar-refractivity contribution in [2.75, 3.05) is 0 Å². The van der Waals surface area contributed by atoms with E-state index in [-0.39, 0.29) is 0 Å². The predicted octanol–water partition coefficient (Wildman–Crippen LogP) is 2.56. The van der Waals surface area contributed by atoms with Gasteiger partial charge in [-0.15, -0.1) is 11.3 Å². The molecular formula is C10H15NS. The Morgan fingerprint density at radius 3 is 3.00 bits per heavy atom. The first-order chi connectivity index (χ1) is 5.88. The van der Waals surface area contributed by atoms with Crippen molar-refractivity contribution < 1.29 is 0 Å². The summed E-state index contributed by atoms with van der Waals surface area (Å²) in [5.74, 6) is 0. The molecule has 0 bridgehead atoms. The summed E-state index contributed by atoms with van der Waals surface area (Å²) in [5, 5.41) is 5.79. The molecule has 1 fully saturated rings. The Hall–Kier alpha value is -0.340. The normalized spacial score (nSPS) is 16.8. The number of thiophene rings is 1.